The van der Waals surface area contributed by atoms with E-state index in [0.29, 0.717) is 30.1 Å². The summed E-state index contributed by atoms with van der Waals surface area (Å²) in [6.45, 7) is 0.571. The van der Waals surface area contributed by atoms with Gasteiger partial charge < -0.3 is 21.1 Å². The van der Waals surface area contributed by atoms with E-state index in [2.05, 4.69) is 9.97 Å². The minimum absolute atomic E-state index is 0.0173. The Hall–Kier alpha value is -3.72. The highest BCUT2D eigenvalue weighted by Gasteiger charge is 2.31. The largest absolute Gasteiger partial charge is 0.454 e. The van der Waals surface area contributed by atoms with Crippen LogP contribution in [-0.4, -0.2) is 34.4 Å². The van der Waals surface area contributed by atoms with Crippen LogP contribution in [0.5, 0.6) is 11.5 Å². The first kappa shape index (κ1) is 21.5. The average molecular weight is 456 g/mol. The number of amides is 2. The molecule has 8 nitrogen and oxygen atoms in total. The Morgan fingerprint density at radius 2 is 1.84 bits per heavy atom. The molecule has 0 radical (unpaired) electrons. The van der Waals surface area contributed by atoms with Gasteiger partial charge in [-0.3, -0.25) is 9.59 Å². The predicted octanol–water partition coefficient (Wildman–Crippen LogP) is 3.28. The molecule has 1 unspecified atom stereocenters. The van der Waals surface area contributed by atoms with Crippen molar-refractivity contribution in [3.8, 4) is 22.9 Å². The summed E-state index contributed by atoms with van der Waals surface area (Å²) in [7, 11) is 0. The van der Waals surface area contributed by atoms with E-state index in [4.69, 9.17) is 27.8 Å². The molecule has 0 bridgehead atoms. The zero-order chi connectivity index (χ0) is 22.8. The van der Waals surface area contributed by atoms with E-state index in [1.807, 2.05) is 0 Å². The molecule has 3 aromatic rings. The molecule has 1 aliphatic heterocycles. The molecular weight excluding hydrogens is 437 g/mol. The van der Waals surface area contributed by atoms with Crippen molar-refractivity contribution < 1.29 is 18.7 Å². The van der Waals surface area contributed by atoms with Gasteiger partial charge in [0.1, 0.15) is 23.3 Å². The molecule has 2 amide bonds. The van der Waals surface area contributed by atoms with Crippen molar-refractivity contribution in [1.82, 2.24) is 9.97 Å². The van der Waals surface area contributed by atoms with Crippen LogP contribution in [-0.2, 0) is 4.79 Å². The lowest BCUT2D eigenvalue weighted by Gasteiger charge is -2.23. The van der Waals surface area contributed by atoms with E-state index >= 15 is 0 Å². The average Bonchev–Trinajstić information content (AvgIpc) is 3.26. The summed E-state index contributed by atoms with van der Waals surface area (Å²) in [5, 5.41) is 0.268. The standard InChI is InChI=1S/C22H19ClFN5O3/c23-13-5-8-18(15(24)10-13)32-14-6-3-12(4-7-14)22-27-16(20(25)30)11-19(28-22)29-9-1-2-17(29)21(26)31/h3-8,10-11,17H,1-2,9H2,(H2,25,30)(H2,26,31). The number of hydrogen-bond donors (Lipinski definition) is 2. The van der Waals surface area contributed by atoms with Crippen molar-refractivity contribution in [2.45, 2.75) is 18.9 Å². The minimum atomic E-state index is -0.720. The van der Waals surface area contributed by atoms with E-state index in [-0.39, 0.29) is 22.3 Å². The first-order valence-electron chi connectivity index (χ1n) is 9.80. The molecule has 2 heterocycles. The number of carbonyl (C=O) groups excluding carboxylic acids is 2. The Labute approximate surface area is 188 Å². The second-order valence-electron chi connectivity index (χ2n) is 7.25. The molecule has 164 valence electrons. The second kappa shape index (κ2) is 8.80. The molecule has 0 spiro atoms. The van der Waals surface area contributed by atoms with Gasteiger partial charge in [0, 0.05) is 23.2 Å². The van der Waals surface area contributed by atoms with Crippen LogP contribution in [0.3, 0.4) is 0 Å². The summed E-state index contributed by atoms with van der Waals surface area (Å²) in [6.07, 6.45) is 1.38. The predicted molar refractivity (Wildman–Crippen MR) is 117 cm³/mol. The fourth-order valence-electron chi connectivity index (χ4n) is 3.53. The molecule has 0 aliphatic carbocycles. The number of rotatable bonds is 6. The van der Waals surface area contributed by atoms with E-state index < -0.39 is 23.7 Å². The van der Waals surface area contributed by atoms with Crippen LogP contribution in [0.1, 0.15) is 23.3 Å². The number of aromatic nitrogens is 2. The summed E-state index contributed by atoms with van der Waals surface area (Å²) in [5.74, 6) is -0.706. The van der Waals surface area contributed by atoms with Crippen LogP contribution in [0.2, 0.25) is 5.02 Å². The summed E-state index contributed by atoms with van der Waals surface area (Å²) in [4.78, 5) is 34.1. The second-order valence-corrected chi connectivity index (χ2v) is 7.69. The highest BCUT2D eigenvalue weighted by Crippen LogP contribution is 2.30. The van der Waals surface area contributed by atoms with Crippen molar-refractivity contribution in [2.75, 3.05) is 11.4 Å². The molecule has 1 aromatic heterocycles. The molecule has 4 rings (SSSR count). The highest BCUT2D eigenvalue weighted by atomic mass is 35.5. The molecule has 1 saturated heterocycles. The SMILES string of the molecule is NC(=O)c1cc(N2CCCC2C(N)=O)nc(-c2ccc(Oc3ccc(Cl)cc3F)cc2)n1. The summed E-state index contributed by atoms with van der Waals surface area (Å²) >= 11 is 5.76. The highest BCUT2D eigenvalue weighted by molar-refractivity contribution is 6.30. The Balaban J connectivity index is 1.64. The number of carbonyl (C=O) groups is 2. The maximum absolute atomic E-state index is 14.0. The van der Waals surface area contributed by atoms with Gasteiger partial charge in [0.2, 0.25) is 5.91 Å². The molecule has 10 heteroatoms. The fourth-order valence-corrected chi connectivity index (χ4v) is 3.69. The van der Waals surface area contributed by atoms with Crippen LogP contribution < -0.4 is 21.1 Å². The molecule has 2 aromatic carbocycles. The van der Waals surface area contributed by atoms with Crippen LogP contribution in [0.25, 0.3) is 11.4 Å². The van der Waals surface area contributed by atoms with Crippen molar-refractivity contribution >= 4 is 29.2 Å². The lowest BCUT2D eigenvalue weighted by atomic mass is 10.2. The number of halogens is 2. The Kier molecular flexibility index (Phi) is 5.91. The van der Waals surface area contributed by atoms with Crippen molar-refractivity contribution in [3.63, 3.8) is 0 Å². The third kappa shape index (κ3) is 4.47. The molecule has 4 N–H and O–H groups in total. The van der Waals surface area contributed by atoms with Gasteiger partial charge >= 0.3 is 0 Å². The van der Waals surface area contributed by atoms with Crippen LogP contribution in [0.4, 0.5) is 10.2 Å². The lowest BCUT2D eigenvalue weighted by molar-refractivity contribution is -0.119. The molecule has 0 saturated carbocycles. The van der Waals surface area contributed by atoms with E-state index in [9.17, 15) is 14.0 Å². The van der Waals surface area contributed by atoms with Gasteiger partial charge in [-0.25, -0.2) is 14.4 Å². The summed E-state index contributed by atoms with van der Waals surface area (Å²) in [5.41, 5.74) is 11.6. The van der Waals surface area contributed by atoms with Crippen molar-refractivity contribution in [2.24, 2.45) is 11.5 Å². The zero-order valence-corrected chi connectivity index (χ0v) is 17.6. The normalized spacial score (nSPS) is 15.6. The fraction of sp³-hybridized carbons (Fsp3) is 0.182. The third-order valence-corrected chi connectivity index (χ3v) is 5.31. The molecule has 32 heavy (non-hydrogen) atoms. The van der Waals surface area contributed by atoms with Gasteiger partial charge in [0.15, 0.2) is 17.4 Å². The first-order valence-corrected chi connectivity index (χ1v) is 10.2. The maximum Gasteiger partial charge on any atom is 0.267 e. The van der Waals surface area contributed by atoms with E-state index in [1.165, 1.54) is 18.2 Å². The minimum Gasteiger partial charge on any atom is -0.454 e. The Morgan fingerprint density at radius 3 is 2.50 bits per heavy atom. The third-order valence-electron chi connectivity index (χ3n) is 5.07. The number of hydrogen-bond acceptors (Lipinski definition) is 6. The Morgan fingerprint density at radius 1 is 1.09 bits per heavy atom. The molecular formula is C22H19ClFN5O3. The van der Waals surface area contributed by atoms with E-state index in [0.717, 1.165) is 12.5 Å². The number of ether oxygens (including phenoxy) is 1. The van der Waals surface area contributed by atoms with Gasteiger partial charge in [-0.2, -0.15) is 0 Å². The number of anilines is 1. The summed E-state index contributed by atoms with van der Waals surface area (Å²) < 4.78 is 19.5. The lowest BCUT2D eigenvalue weighted by Crippen LogP contribution is -2.41. The monoisotopic (exact) mass is 455 g/mol. The Bertz CT molecular complexity index is 1190. The number of benzene rings is 2. The smallest absolute Gasteiger partial charge is 0.267 e. The van der Waals surface area contributed by atoms with Crippen LogP contribution in [0.15, 0.2) is 48.5 Å². The van der Waals surface area contributed by atoms with Gasteiger partial charge in [0.05, 0.1) is 0 Å². The molecule has 1 atom stereocenters. The molecule has 1 aliphatic rings. The number of nitrogens with two attached hydrogens (primary N) is 2. The number of nitrogens with zero attached hydrogens (tertiary/aromatic N) is 3. The maximum atomic E-state index is 14.0. The van der Waals surface area contributed by atoms with Crippen LogP contribution >= 0.6 is 11.6 Å². The van der Waals surface area contributed by atoms with Gasteiger partial charge in [-0.15, -0.1) is 0 Å². The number of primary amides is 2. The first-order chi connectivity index (χ1) is 15.3. The van der Waals surface area contributed by atoms with E-state index in [1.54, 1.807) is 29.2 Å². The van der Waals surface area contributed by atoms with Gasteiger partial charge in [0.25, 0.3) is 5.91 Å². The zero-order valence-electron chi connectivity index (χ0n) is 16.8. The quantitative estimate of drug-likeness (QED) is 0.587. The topological polar surface area (TPSA) is 124 Å². The van der Waals surface area contributed by atoms with Crippen LogP contribution in [0, 0.1) is 5.82 Å². The molecule has 1 fully saturated rings. The van der Waals surface area contributed by atoms with Gasteiger partial charge in [-0.1, -0.05) is 11.6 Å². The summed E-state index contributed by atoms with van der Waals surface area (Å²) in [6, 6.07) is 11.6. The van der Waals surface area contributed by atoms with Crippen molar-refractivity contribution in [3.05, 3.63) is 65.1 Å². The van der Waals surface area contributed by atoms with Gasteiger partial charge in [-0.05, 0) is 55.3 Å². The van der Waals surface area contributed by atoms with Crippen molar-refractivity contribution in [1.29, 1.82) is 0 Å².